The third-order valence-corrected chi connectivity index (χ3v) is 15.8. The molecule has 0 radical (unpaired) electrons. The van der Waals surface area contributed by atoms with Gasteiger partial charge in [-0.3, -0.25) is 24.6 Å². The number of ether oxygens (including phenoxy) is 1. The maximum Gasteiger partial charge on any atom is 0.410 e. The van der Waals surface area contributed by atoms with Crippen LogP contribution in [0.25, 0.3) is 33.8 Å². The number of imide groups is 1. The minimum atomic E-state index is -0.752. The van der Waals surface area contributed by atoms with Crippen LogP contribution in [0.4, 0.5) is 36.5 Å². The first-order valence-corrected chi connectivity index (χ1v) is 25.0. The van der Waals surface area contributed by atoms with Crippen LogP contribution in [0.15, 0.2) is 35.4 Å². The number of halogens is 2. The molecule has 6 aliphatic rings. The van der Waals surface area contributed by atoms with Crippen LogP contribution in [-0.4, -0.2) is 157 Å². The highest BCUT2D eigenvalue weighted by Gasteiger charge is 2.44. The zero-order chi connectivity index (χ0) is 50.1. The SMILES string of the molecule is CC(C)(C1CCN(C(=O)COC(=O)N2CCN(c3cnc(-c4c(-c5nn(C6(C)CC6)c6ncnc(N)c56)noc4C4CC4)nc3)CC2)CC1)N1CCN(c2c(F)cc(NC3CCC(=O)NC3=O)cc2F)CC1. The number of hydrogen-bond acceptors (Lipinski definition) is 17. The molecule has 4 N–H and O–H groups in total. The number of rotatable bonds is 12. The number of nitrogen functional groups attached to an aromatic ring is 1. The number of nitrogens with one attached hydrogen (secondary N) is 2. The van der Waals surface area contributed by atoms with Crippen LogP contribution >= 0.6 is 0 Å². The molecular formula is C49H59F2N15O6. The van der Waals surface area contributed by atoms with E-state index in [0.29, 0.717) is 105 Å². The molecule has 2 saturated carbocycles. The summed E-state index contributed by atoms with van der Waals surface area (Å²) < 4.78 is 44.3. The van der Waals surface area contributed by atoms with Crippen molar-refractivity contribution in [3.05, 3.63) is 48.2 Å². The van der Waals surface area contributed by atoms with Gasteiger partial charge in [-0.1, -0.05) is 5.16 Å². The first-order valence-electron chi connectivity index (χ1n) is 25.0. The Bertz CT molecular complexity index is 2890. The van der Waals surface area contributed by atoms with Crippen molar-refractivity contribution in [1.29, 1.82) is 0 Å². The topological polar surface area (TPSA) is 239 Å². The van der Waals surface area contributed by atoms with Crippen LogP contribution in [-0.2, 0) is 24.7 Å². The smallest absolute Gasteiger partial charge is 0.410 e. The van der Waals surface area contributed by atoms with Gasteiger partial charge in [0, 0.05) is 89.0 Å². The lowest BCUT2D eigenvalue weighted by Gasteiger charge is -2.50. The molecule has 4 saturated heterocycles. The van der Waals surface area contributed by atoms with Gasteiger partial charge in [0.25, 0.3) is 5.91 Å². The number of piperazine rings is 2. The highest BCUT2D eigenvalue weighted by molar-refractivity contribution is 6.02. The number of nitrogens with zero attached hydrogens (tertiary/aromatic N) is 12. The molecule has 0 bridgehead atoms. The molecule has 1 atom stereocenters. The van der Waals surface area contributed by atoms with Crippen molar-refractivity contribution in [2.75, 3.05) is 92.9 Å². The number of aromatic nitrogens is 7. The van der Waals surface area contributed by atoms with Crippen molar-refractivity contribution in [2.24, 2.45) is 5.92 Å². The minimum Gasteiger partial charge on any atom is -0.439 e. The molecule has 380 valence electrons. The second-order valence-corrected chi connectivity index (χ2v) is 20.8. The summed E-state index contributed by atoms with van der Waals surface area (Å²) in [4.78, 5) is 78.2. The number of carbonyl (C=O) groups excluding carboxylic acids is 4. The molecule has 21 nitrogen and oxygen atoms in total. The van der Waals surface area contributed by atoms with Crippen molar-refractivity contribution in [1.82, 2.24) is 54.9 Å². The maximum absolute atomic E-state index is 15.4. The van der Waals surface area contributed by atoms with Crippen LogP contribution < -0.4 is 26.2 Å². The highest BCUT2D eigenvalue weighted by Crippen LogP contribution is 2.50. The molecule has 6 fully saturated rings. The Labute approximate surface area is 413 Å². The van der Waals surface area contributed by atoms with E-state index in [1.165, 1.54) is 18.5 Å². The molecule has 4 amide bonds. The standard InChI is InChI=1S/C49H59F2N15O6/c1-48(2,65-20-18-63(19-21-65)41-32(50)22-30(23-33(41)51)57-34-6-7-35(67)58-46(34)69)29-8-12-62(13-9-29)36(68)26-71-47(70)64-16-14-61(15-17-64)31-24-53-44(54-25-31)37-40(60-72-42(37)28-4-5-28)39-38-43(52)55-27-56-45(38)66(59-39)49(3)10-11-49/h22-25,27-29,34,57H,4-21,26H2,1-3H3,(H2,52,55,56)(H,58,67,69). The van der Waals surface area contributed by atoms with Gasteiger partial charge >= 0.3 is 6.09 Å². The van der Waals surface area contributed by atoms with Gasteiger partial charge < -0.3 is 39.9 Å². The summed E-state index contributed by atoms with van der Waals surface area (Å²) in [5.74, 6) is -0.588. The molecular weight excluding hydrogens is 933 g/mol. The normalized spacial score (nSPS) is 21.0. The molecule has 2 aliphatic carbocycles. The van der Waals surface area contributed by atoms with Gasteiger partial charge in [-0.05, 0) is 83.8 Å². The Kier molecular flexibility index (Phi) is 12.2. The second-order valence-electron chi connectivity index (χ2n) is 20.8. The lowest BCUT2D eigenvalue weighted by atomic mass is 9.78. The molecule has 5 aromatic rings. The van der Waals surface area contributed by atoms with E-state index in [1.54, 1.807) is 27.1 Å². The van der Waals surface area contributed by atoms with Gasteiger partial charge in [0.1, 0.15) is 35.3 Å². The molecule has 1 aromatic carbocycles. The lowest BCUT2D eigenvalue weighted by Crippen LogP contribution is -2.59. The summed E-state index contributed by atoms with van der Waals surface area (Å²) in [5.41, 5.74) is 9.25. The van der Waals surface area contributed by atoms with Crippen molar-refractivity contribution in [2.45, 2.75) is 95.2 Å². The fourth-order valence-corrected chi connectivity index (χ4v) is 10.9. The van der Waals surface area contributed by atoms with E-state index >= 15 is 8.78 Å². The number of fused-ring (bicyclic) bond motifs is 1. The van der Waals surface area contributed by atoms with Crippen LogP contribution in [0.1, 0.15) is 83.8 Å². The molecule has 8 heterocycles. The van der Waals surface area contributed by atoms with E-state index < -0.39 is 29.7 Å². The van der Waals surface area contributed by atoms with Crippen molar-refractivity contribution in [3.63, 3.8) is 0 Å². The largest absolute Gasteiger partial charge is 0.439 e. The number of piperidine rings is 2. The summed E-state index contributed by atoms with van der Waals surface area (Å²) in [6, 6.07) is 1.63. The third kappa shape index (κ3) is 8.99. The van der Waals surface area contributed by atoms with Crippen molar-refractivity contribution >= 4 is 57.7 Å². The second kappa shape index (κ2) is 18.5. The van der Waals surface area contributed by atoms with E-state index in [2.05, 4.69) is 56.3 Å². The first kappa shape index (κ1) is 47.3. The van der Waals surface area contributed by atoms with Crippen LogP contribution in [0, 0.1) is 17.6 Å². The van der Waals surface area contributed by atoms with Gasteiger partial charge in [0.05, 0.1) is 34.6 Å². The number of benzene rings is 1. The Morgan fingerprint density at radius 3 is 2.21 bits per heavy atom. The van der Waals surface area contributed by atoms with Gasteiger partial charge in [0.15, 0.2) is 35.5 Å². The molecule has 11 rings (SSSR count). The van der Waals surface area contributed by atoms with Gasteiger partial charge in [-0.15, -0.1) is 0 Å². The Hall–Kier alpha value is -7.04. The molecule has 72 heavy (non-hydrogen) atoms. The Morgan fingerprint density at radius 2 is 1.56 bits per heavy atom. The quantitative estimate of drug-likeness (QED) is 0.146. The minimum absolute atomic E-state index is 0.102. The number of hydrogen-bond donors (Lipinski definition) is 3. The molecule has 4 aromatic heterocycles. The van der Waals surface area contributed by atoms with Gasteiger partial charge in [-0.25, -0.2) is 38.2 Å². The summed E-state index contributed by atoms with van der Waals surface area (Å²) in [6.07, 6.45) is 10.3. The molecule has 1 unspecified atom stereocenters. The summed E-state index contributed by atoms with van der Waals surface area (Å²) >= 11 is 0. The van der Waals surface area contributed by atoms with Gasteiger partial charge in [-0.2, -0.15) is 5.10 Å². The number of likely N-dealkylation sites (tertiary alicyclic amines) is 1. The van der Waals surface area contributed by atoms with Crippen LogP contribution in [0.3, 0.4) is 0 Å². The number of carbonyl (C=O) groups is 4. The molecule has 4 aliphatic heterocycles. The fourth-order valence-electron chi connectivity index (χ4n) is 10.9. The van der Waals surface area contributed by atoms with Crippen molar-refractivity contribution in [3.8, 4) is 22.8 Å². The summed E-state index contributed by atoms with van der Waals surface area (Å²) in [5, 5.41) is 15.2. The zero-order valence-electron chi connectivity index (χ0n) is 40.7. The lowest BCUT2D eigenvalue weighted by molar-refractivity contribution is -0.137. The highest BCUT2D eigenvalue weighted by atomic mass is 19.1. The maximum atomic E-state index is 15.4. The first-order chi connectivity index (χ1) is 34.6. The number of nitrogens with two attached hydrogens (primary N) is 1. The average molecular weight is 992 g/mol. The Morgan fingerprint density at radius 1 is 0.875 bits per heavy atom. The summed E-state index contributed by atoms with van der Waals surface area (Å²) in [6.45, 7) is 11.1. The predicted octanol–water partition coefficient (Wildman–Crippen LogP) is 4.50. The van der Waals surface area contributed by atoms with Crippen LogP contribution in [0.5, 0.6) is 0 Å². The van der Waals surface area contributed by atoms with E-state index in [1.807, 2.05) is 4.68 Å². The molecule has 23 heteroatoms. The third-order valence-electron chi connectivity index (χ3n) is 15.8. The predicted molar refractivity (Wildman–Crippen MR) is 260 cm³/mol. The van der Waals surface area contributed by atoms with E-state index in [9.17, 15) is 19.2 Å². The van der Waals surface area contributed by atoms with Crippen molar-refractivity contribution < 1.29 is 37.2 Å². The van der Waals surface area contributed by atoms with E-state index in [-0.39, 0.29) is 65.6 Å². The van der Waals surface area contributed by atoms with E-state index in [4.69, 9.17) is 30.1 Å². The number of amides is 4. The number of anilines is 4. The van der Waals surface area contributed by atoms with Crippen LogP contribution in [0.2, 0.25) is 0 Å². The molecule has 0 spiro atoms. The van der Waals surface area contributed by atoms with Gasteiger partial charge in [0.2, 0.25) is 11.8 Å². The Balaban J connectivity index is 0.640. The van der Waals surface area contributed by atoms with E-state index in [0.717, 1.165) is 50.0 Å². The fraction of sp³-hybridized carbons (Fsp3) is 0.551. The average Bonchev–Trinajstić information content (AvgIpc) is 4.29. The summed E-state index contributed by atoms with van der Waals surface area (Å²) in [7, 11) is 0. The zero-order valence-corrected chi connectivity index (χ0v) is 40.7. The monoisotopic (exact) mass is 991 g/mol.